The molecule has 7 nitrogen and oxygen atoms in total. The molecule has 0 spiro atoms. The maximum Gasteiger partial charge on any atom is 0.256 e. The molecular weight excluding hydrogens is 378 g/mol. The standard InChI is InChI=1S/C23H29N5O2/c1-12(2)18-11-16(19-14(4)27-28(21(19)25-18)23(5,6)7)22(30)26-17-9-8-15(20(24)29)10-13(17)3/h8-12H,1-7H3,(H2,24,29)(H,26,30). The fourth-order valence-electron chi connectivity index (χ4n) is 3.40. The average Bonchev–Trinajstić information content (AvgIpc) is 2.99. The Bertz CT molecular complexity index is 1150. The zero-order chi connectivity index (χ0) is 22.4. The molecule has 7 heteroatoms. The number of nitrogens with one attached hydrogen (secondary N) is 1. The van der Waals surface area contributed by atoms with Crippen LogP contribution in [0, 0.1) is 13.8 Å². The average molecular weight is 408 g/mol. The van der Waals surface area contributed by atoms with E-state index >= 15 is 0 Å². The molecular formula is C23H29N5O2. The summed E-state index contributed by atoms with van der Waals surface area (Å²) >= 11 is 0. The number of anilines is 1. The van der Waals surface area contributed by atoms with Gasteiger partial charge in [-0.05, 0) is 70.4 Å². The molecule has 0 atom stereocenters. The molecule has 0 bridgehead atoms. The number of amides is 2. The first-order valence-electron chi connectivity index (χ1n) is 10.0. The van der Waals surface area contributed by atoms with Crippen molar-refractivity contribution in [2.24, 2.45) is 5.73 Å². The summed E-state index contributed by atoms with van der Waals surface area (Å²) in [5.41, 5.74) is 9.69. The molecule has 0 unspecified atom stereocenters. The Balaban J connectivity index is 2.14. The lowest BCUT2D eigenvalue weighted by Gasteiger charge is -2.20. The fourth-order valence-corrected chi connectivity index (χ4v) is 3.40. The molecule has 0 saturated heterocycles. The molecule has 158 valence electrons. The fraction of sp³-hybridized carbons (Fsp3) is 0.391. The van der Waals surface area contributed by atoms with Gasteiger partial charge in [-0.15, -0.1) is 0 Å². The molecule has 2 amide bonds. The molecule has 0 aliphatic heterocycles. The van der Waals surface area contributed by atoms with Crippen molar-refractivity contribution in [1.29, 1.82) is 0 Å². The van der Waals surface area contributed by atoms with Crippen LogP contribution < -0.4 is 11.1 Å². The molecule has 3 N–H and O–H groups in total. The first kappa shape index (κ1) is 21.5. The van der Waals surface area contributed by atoms with E-state index in [4.69, 9.17) is 10.7 Å². The monoisotopic (exact) mass is 407 g/mol. The highest BCUT2D eigenvalue weighted by atomic mass is 16.2. The van der Waals surface area contributed by atoms with Crippen LogP contribution in [-0.4, -0.2) is 26.6 Å². The minimum Gasteiger partial charge on any atom is -0.366 e. The number of hydrogen-bond acceptors (Lipinski definition) is 4. The molecule has 1 aromatic carbocycles. The summed E-state index contributed by atoms with van der Waals surface area (Å²) in [5.74, 6) is -0.587. The molecule has 0 radical (unpaired) electrons. The van der Waals surface area contributed by atoms with Crippen molar-refractivity contribution in [2.75, 3.05) is 5.32 Å². The first-order valence-corrected chi connectivity index (χ1v) is 10.0. The number of pyridine rings is 1. The van der Waals surface area contributed by atoms with Crippen LogP contribution in [0.1, 0.15) is 78.2 Å². The summed E-state index contributed by atoms with van der Waals surface area (Å²) in [5, 5.41) is 8.40. The van der Waals surface area contributed by atoms with Crippen molar-refractivity contribution in [1.82, 2.24) is 14.8 Å². The van der Waals surface area contributed by atoms with Crippen LogP contribution in [0.4, 0.5) is 5.69 Å². The number of nitrogens with zero attached hydrogens (tertiary/aromatic N) is 3. The smallest absolute Gasteiger partial charge is 0.256 e. The van der Waals surface area contributed by atoms with Gasteiger partial charge in [-0.2, -0.15) is 5.10 Å². The first-order chi connectivity index (χ1) is 13.9. The van der Waals surface area contributed by atoms with Crippen LogP contribution in [0.5, 0.6) is 0 Å². The normalized spacial score (nSPS) is 11.9. The minimum atomic E-state index is -0.501. The maximum atomic E-state index is 13.3. The summed E-state index contributed by atoms with van der Waals surface area (Å²) in [4.78, 5) is 29.5. The number of carbonyl (C=O) groups excluding carboxylic acids is 2. The molecule has 2 heterocycles. The number of carbonyl (C=O) groups is 2. The van der Waals surface area contributed by atoms with Gasteiger partial charge in [0, 0.05) is 16.9 Å². The highest BCUT2D eigenvalue weighted by Crippen LogP contribution is 2.29. The van der Waals surface area contributed by atoms with Gasteiger partial charge in [-0.1, -0.05) is 13.8 Å². The van der Waals surface area contributed by atoms with E-state index < -0.39 is 5.91 Å². The third-order valence-electron chi connectivity index (χ3n) is 5.06. The predicted molar refractivity (Wildman–Crippen MR) is 119 cm³/mol. The van der Waals surface area contributed by atoms with Crippen LogP contribution in [0.2, 0.25) is 0 Å². The minimum absolute atomic E-state index is 0.154. The van der Waals surface area contributed by atoms with Crippen molar-refractivity contribution in [3.05, 3.63) is 52.3 Å². The van der Waals surface area contributed by atoms with E-state index in [1.54, 1.807) is 18.2 Å². The zero-order valence-corrected chi connectivity index (χ0v) is 18.6. The predicted octanol–water partition coefficient (Wildman–Crippen LogP) is 4.28. The van der Waals surface area contributed by atoms with Gasteiger partial charge < -0.3 is 11.1 Å². The summed E-state index contributed by atoms with van der Waals surface area (Å²) in [7, 11) is 0. The number of aryl methyl sites for hydroxylation is 2. The number of fused-ring (bicyclic) bond motifs is 1. The topological polar surface area (TPSA) is 103 Å². The summed E-state index contributed by atoms with van der Waals surface area (Å²) < 4.78 is 1.88. The van der Waals surface area contributed by atoms with Gasteiger partial charge in [0.2, 0.25) is 5.91 Å². The van der Waals surface area contributed by atoms with E-state index in [1.807, 2.05) is 38.4 Å². The van der Waals surface area contributed by atoms with Crippen LogP contribution >= 0.6 is 0 Å². The number of nitrogens with two attached hydrogens (primary N) is 1. The van der Waals surface area contributed by atoms with E-state index in [9.17, 15) is 9.59 Å². The van der Waals surface area contributed by atoms with Gasteiger partial charge in [-0.3, -0.25) is 9.59 Å². The van der Waals surface area contributed by atoms with Crippen molar-refractivity contribution in [2.45, 2.75) is 59.9 Å². The Morgan fingerprint density at radius 1 is 1.13 bits per heavy atom. The molecule has 0 aliphatic carbocycles. The lowest BCUT2D eigenvalue weighted by Crippen LogP contribution is -2.24. The Morgan fingerprint density at radius 3 is 2.33 bits per heavy atom. The largest absolute Gasteiger partial charge is 0.366 e. The third-order valence-corrected chi connectivity index (χ3v) is 5.06. The SMILES string of the molecule is Cc1cc(C(N)=O)ccc1NC(=O)c1cc(C(C)C)nc2c1c(C)nn2C(C)(C)C. The molecule has 2 aromatic heterocycles. The molecule has 0 aliphatic rings. The van der Waals surface area contributed by atoms with Gasteiger partial charge in [0.15, 0.2) is 5.65 Å². The second-order valence-corrected chi connectivity index (χ2v) is 8.96. The van der Waals surface area contributed by atoms with Gasteiger partial charge in [0.1, 0.15) is 0 Å². The number of aromatic nitrogens is 3. The third kappa shape index (κ3) is 3.92. The maximum absolute atomic E-state index is 13.3. The van der Waals surface area contributed by atoms with Crippen molar-refractivity contribution in [3.63, 3.8) is 0 Å². The van der Waals surface area contributed by atoms with Crippen molar-refractivity contribution < 1.29 is 9.59 Å². The van der Waals surface area contributed by atoms with Crippen LogP contribution in [0.15, 0.2) is 24.3 Å². The highest BCUT2D eigenvalue weighted by molar-refractivity contribution is 6.13. The summed E-state index contributed by atoms with van der Waals surface area (Å²) in [6.07, 6.45) is 0. The highest BCUT2D eigenvalue weighted by Gasteiger charge is 2.25. The lowest BCUT2D eigenvalue weighted by atomic mass is 10.0. The summed E-state index contributed by atoms with van der Waals surface area (Å²) in [6, 6.07) is 6.82. The number of benzene rings is 1. The quantitative estimate of drug-likeness (QED) is 0.674. The molecule has 0 fully saturated rings. The van der Waals surface area contributed by atoms with E-state index in [0.29, 0.717) is 22.5 Å². The Morgan fingerprint density at radius 2 is 1.80 bits per heavy atom. The van der Waals surface area contributed by atoms with Gasteiger partial charge in [-0.25, -0.2) is 9.67 Å². The summed E-state index contributed by atoms with van der Waals surface area (Å²) in [6.45, 7) is 14.0. The second kappa shape index (κ2) is 7.55. The van der Waals surface area contributed by atoms with E-state index in [0.717, 1.165) is 22.3 Å². The van der Waals surface area contributed by atoms with E-state index in [-0.39, 0.29) is 17.4 Å². The molecule has 30 heavy (non-hydrogen) atoms. The van der Waals surface area contributed by atoms with Gasteiger partial charge in [0.25, 0.3) is 5.91 Å². The second-order valence-electron chi connectivity index (χ2n) is 8.96. The molecule has 3 aromatic rings. The lowest BCUT2D eigenvalue weighted by molar-refractivity contribution is 0.0998. The van der Waals surface area contributed by atoms with E-state index in [1.165, 1.54) is 0 Å². The van der Waals surface area contributed by atoms with Crippen LogP contribution in [0.3, 0.4) is 0 Å². The Hall–Kier alpha value is -3.22. The Kier molecular flexibility index (Phi) is 5.41. The van der Waals surface area contributed by atoms with Crippen molar-refractivity contribution >= 4 is 28.5 Å². The number of hydrogen-bond donors (Lipinski definition) is 2. The van der Waals surface area contributed by atoms with E-state index in [2.05, 4.69) is 31.2 Å². The molecule has 0 saturated carbocycles. The van der Waals surface area contributed by atoms with Crippen LogP contribution in [0.25, 0.3) is 11.0 Å². The van der Waals surface area contributed by atoms with Gasteiger partial charge in [0.05, 0.1) is 22.2 Å². The molecule has 3 rings (SSSR count). The zero-order valence-electron chi connectivity index (χ0n) is 18.6. The van der Waals surface area contributed by atoms with Gasteiger partial charge >= 0.3 is 0 Å². The Labute approximate surface area is 176 Å². The number of primary amides is 1. The van der Waals surface area contributed by atoms with Crippen molar-refractivity contribution in [3.8, 4) is 0 Å². The number of rotatable bonds is 4. The van der Waals surface area contributed by atoms with Crippen LogP contribution in [-0.2, 0) is 5.54 Å².